The number of para-hydroxylation sites is 3. The lowest BCUT2D eigenvalue weighted by molar-refractivity contribution is 0.640. The predicted molar refractivity (Wildman–Crippen MR) is 179 cm³/mol. The molecule has 0 amide bonds. The van der Waals surface area contributed by atoms with Gasteiger partial charge < -0.3 is 9.80 Å². The molecule has 210 valence electrons. The molecule has 0 saturated carbocycles. The smallest absolute Gasteiger partial charge is 0.0691 e. The summed E-state index contributed by atoms with van der Waals surface area (Å²) in [6.45, 7) is 13.6. The van der Waals surface area contributed by atoms with Gasteiger partial charge in [-0.2, -0.15) is 5.10 Å². The highest BCUT2D eigenvalue weighted by molar-refractivity contribution is 8.21. The molecule has 0 bridgehead atoms. The number of rotatable bonds is 4. The Morgan fingerprint density at radius 3 is 1.59 bits per heavy atom. The van der Waals surface area contributed by atoms with Crippen LogP contribution in [-0.4, -0.2) is 23.9 Å². The van der Waals surface area contributed by atoms with Crippen LogP contribution in [0.5, 0.6) is 0 Å². The Morgan fingerprint density at radius 2 is 1.12 bits per heavy atom. The number of aryl methyl sites for hydroxylation is 1. The second-order valence-corrected chi connectivity index (χ2v) is 16.6. The Morgan fingerprint density at radius 1 is 0.683 bits per heavy atom. The van der Waals surface area contributed by atoms with Crippen molar-refractivity contribution in [2.75, 3.05) is 23.9 Å². The van der Waals surface area contributed by atoms with E-state index >= 15 is 0 Å². The van der Waals surface area contributed by atoms with E-state index in [2.05, 4.69) is 155 Å². The van der Waals surface area contributed by atoms with Gasteiger partial charge in [0.1, 0.15) is 0 Å². The number of hydrogen-bond donors (Lipinski definition) is 0. The first-order valence-electron chi connectivity index (χ1n) is 14.2. The van der Waals surface area contributed by atoms with Crippen molar-refractivity contribution in [3.05, 3.63) is 124 Å². The summed E-state index contributed by atoms with van der Waals surface area (Å²) in [7, 11) is 4.36. The molecule has 0 spiro atoms. The van der Waals surface area contributed by atoms with E-state index < -0.39 is 6.04 Å². The van der Waals surface area contributed by atoms with Gasteiger partial charge in [0.05, 0.1) is 17.1 Å². The summed E-state index contributed by atoms with van der Waals surface area (Å²) in [6, 6.07) is 25.4. The molecule has 6 heteroatoms. The molecule has 0 atom stereocenters. The van der Waals surface area contributed by atoms with E-state index in [0.29, 0.717) is 0 Å². The third-order valence-electron chi connectivity index (χ3n) is 9.11. The van der Waals surface area contributed by atoms with E-state index in [4.69, 9.17) is 16.9 Å². The molecule has 0 unspecified atom stereocenters. The molecule has 0 fully saturated rings. The second kappa shape index (κ2) is 9.58. The van der Waals surface area contributed by atoms with Crippen LogP contribution in [0.1, 0.15) is 50.2 Å². The first kappa shape index (κ1) is 27.8. The number of allylic oxidation sites excluding steroid dienone is 2. The summed E-state index contributed by atoms with van der Waals surface area (Å²) in [5.74, 6) is 4.88. The topological polar surface area (TPSA) is 24.3 Å². The highest BCUT2D eigenvalue weighted by Gasteiger charge is 2.43. The van der Waals surface area contributed by atoms with E-state index in [1.807, 2.05) is 6.07 Å². The molecule has 0 radical (unpaired) electrons. The van der Waals surface area contributed by atoms with Crippen molar-refractivity contribution in [3.63, 3.8) is 0 Å². The minimum atomic E-state index is -2.49. The summed E-state index contributed by atoms with van der Waals surface area (Å²) in [5, 5.41) is 6.25. The number of benzene rings is 3. The Hall–Kier alpha value is -3.40. The lowest BCUT2D eigenvalue weighted by Gasteiger charge is -2.30. The predicted octanol–water partition coefficient (Wildman–Crippen LogP) is 8.13. The van der Waals surface area contributed by atoms with Crippen molar-refractivity contribution in [2.45, 2.75) is 52.4 Å². The van der Waals surface area contributed by atoms with Gasteiger partial charge in [0.15, 0.2) is 0 Å². The van der Waals surface area contributed by atoms with Crippen LogP contribution in [0.15, 0.2) is 102 Å². The van der Waals surface area contributed by atoms with E-state index in [1.165, 1.54) is 39.2 Å². The van der Waals surface area contributed by atoms with Crippen LogP contribution < -0.4 is 15.1 Å². The van der Waals surface area contributed by atoms with Gasteiger partial charge in [0.25, 0.3) is 0 Å². The van der Waals surface area contributed by atoms with Crippen molar-refractivity contribution in [3.8, 4) is 5.69 Å². The van der Waals surface area contributed by atoms with E-state index in [1.54, 1.807) is 0 Å². The van der Waals surface area contributed by atoms with Crippen LogP contribution in [0.2, 0.25) is 0 Å². The Kier molecular flexibility index (Phi) is 6.48. The van der Waals surface area contributed by atoms with Crippen LogP contribution in [-0.2, 0) is 22.6 Å². The fourth-order valence-corrected chi connectivity index (χ4v) is 11.5. The SMILES string of the molecule is Cc1nn(-c2ccccc2)c(C)c1P(=S)(C=C1N(C)c2ccccc2C1(C)C)C=C1N(C)c2ccccc2C1(C)C. The maximum atomic E-state index is 6.96. The zero-order chi connectivity index (χ0) is 29.3. The summed E-state index contributed by atoms with van der Waals surface area (Å²) >= 11 is 6.96. The molecule has 1 aromatic heterocycles. The van der Waals surface area contributed by atoms with Gasteiger partial charge in [-0.25, -0.2) is 4.68 Å². The zero-order valence-corrected chi connectivity index (χ0v) is 27.0. The lowest BCUT2D eigenvalue weighted by atomic mass is 9.84. The molecule has 3 aromatic carbocycles. The minimum Gasteiger partial charge on any atom is -0.347 e. The average molecular weight is 579 g/mol. The van der Waals surface area contributed by atoms with Gasteiger partial charge in [-0.3, -0.25) is 0 Å². The second-order valence-electron chi connectivity index (χ2n) is 12.4. The first-order chi connectivity index (χ1) is 19.4. The molecule has 3 heterocycles. The highest BCUT2D eigenvalue weighted by atomic mass is 32.4. The van der Waals surface area contributed by atoms with Gasteiger partial charge >= 0.3 is 0 Å². The quantitative estimate of drug-likeness (QED) is 0.228. The molecule has 2 aliphatic rings. The van der Waals surface area contributed by atoms with Crippen molar-refractivity contribution in [2.24, 2.45) is 0 Å². The molecular formula is C35H39N4PS. The number of likely N-dealkylation sites (N-methyl/N-ethyl adjacent to an activating group) is 2. The zero-order valence-electron chi connectivity index (χ0n) is 25.3. The van der Waals surface area contributed by atoms with Crippen molar-refractivity contribution in [1.82, 2.24) is 9.78 Å². The van der Waals surface area contributed by atoms with Crippen LogP contribution in [0.3, 0.4) is 0 Å². The third-order valence-corrected chi connectivity index (χ3v) is 12.9. The molecule has 2 aliphatic heterocycles. The number of nitrogens with zero attached hydrogens (tertiary/aromatic N) is 4. The maximum absolute atomic E-state index is 6.96. The number of fused-ring (bicyclic) bond motifs is 2. The number of anilines is 2. The van der Waals surface area contributed by atoms with Crippen LogP contribution in [0.4, 0.5) is 11.4 Å². The molecule has 0 saturated heterocycles. The lowest BCUT2D eigenvalue weighted by Crippen LogP contribution is -2.25. The summed E-state index contributed by atoms with van der Waals surface area (Å²) in [6.07, 6.45) is 0. The Labute approximate surface area is 250 Å². The fourth-order valence-electron chi connectivity index (χ4n) is 6.95. The average Bonchev–Trinajstić information content (AvgIpc) is 3.44. The monoisotopic (exact) mass is 578 g/mol. The fraction of sp³-hybridized carbons (Fsp3) is 0.286. The Balaban J connectivity index is 1.62. The summed E-state index contributed by atoms with van der Waals surface area (Å²) in [4.78, 5) is 4.69. The van der Waals surface area contributed by atoms with Crippen molar-refractivity contribution in [1.29, 1.82) is 0 Å². The van der Waals surface area contributed by atoms with Gasteiger partial charge in [0.2, 0.25) is 0 Å². The largest absolute Gasteiger partial charge is 0.347 e. The summed E-state index contributed by atoms with van der Waals surface area (Å²) < 4.78 is 2.07. The number of aromatic nitrogens is 2. The van der Waals surface area contributed by atoms with Gasteiger partial charge in [-0.05, 0) is 60.9 Å². The van der Waals surface area contributed by atoms with Crippen molar-refractivity contribution >= 4 is 34.5 Å². The van der Waals surface area contributed by atoms with Crippen LogP contribution in [0, 0.1) is 13.8 Å². The van der Waals surface area contributed by atoms with Crippen LogP contribution in [0.25, 0.3) is 5.69 Å². The normalized spacial score (nSPS) is 20.4. The molecule has 0 aliphatic carbocycles. The first-order valence-corrected chi connectivity index (χ1v) is 17.2. The van der Waals surface area contributed by atoms with E-state index in [0.717, 1.165) is 17.1 Å². The van der Waals surface area contributed by atoms with Gasteiger partial charge in [-0.15, -0.1) is 0 Å². The standard InChI is InChI=1S/C35H39N4PS/c1-24-33(25(2)39(36-24)26-16-10-9-11-17-26)40(41,22-31-34(3,4)27-18-12-14-20-29(27)37(31)7)23-32-35(5,6)28-19-13-15-21-30(28)38(32)8/h9-23H,1-8H3. The summed E-state index contributed by atoms with van der Waals surface area (Å²) in [5.41, 5.74) is 10.5. The molecule has 41 heavy (non-hydrogen) atoms. The molecule has 4 aromatic rings. The van der Waals surface area contributed by atoms with Gasteiger partial charge in [-0.1, -0.05) is 94.1 Å². The molecule has 6 rings (SSSR count). The van der Waals surface area contributed by atoms with E-state index in [-0.39, 0.29) is 10.8 Å². The van der Waals surface area contributed by atoms with Crippen molar-refractivity contribution < 1.29 is 0 Å². The number of hydrogen-bond acceptors (Lipinski definition) is 4. The molecular weight excluding hydrogens is 539 g/mol. The minimum absolute atomic E-state index is 0.175. The highest BCUT2D eigenvalue weighted by Crippen LogP contribution is 2.59. The van der Waals surface area contributed by atoms with E-state index in [9.17, 15) is 0 Å². The molecule has 4 nitrogen and oxygen atoms in total. The Bertz CT molecular complexity index is 1690. The third kappa shape index (κ3) is 4.16. The van der Waals surface area contributed by atoms with Crippen LogP contribution >= 0.6 is 6.04 Å². The maximum Gasteiger partial charge on any atom is 0.0691 e. The molecule has 0 N–H and O–H groups in total. The van der Waals surface area contributed by atoms with Gasteiger partial charge in [0, 0.05) is 59.0 Å².